The highest BCUT2D eigenvalue weighted by Gasteiger charge is 2.46. The lowest BCUT2D eigenvalue weighted by Crippen LogP contribution is -2.37. The molecule has 2 atom stereocenters. The number of rotatable bonds is 1. The van der Waals surface area contributed by atoms with Gasteiger partial charge in [-0.05, 0) is 32.2 Å². The first-order chi connectivity index (χ1) is 5.27. The Kier molecular flexibility index (Phi) is 1.69. The van der Waals surface area contributed by atoms with Crippen molar-refractivity contribution >= 4 is 0 Å². The summed E-state index contributed by atoms with van der Waals surface area (Å²) in [7, 11) is 0. The molecule has 2 aliphatic heterocycles. The van der Waals surface area contributed by atoms with Crippen LogP contribution in [0.2, 0.25) is 0 Å². The lowest BCUT2D eigenvalue weighted by Gasteiger charge is -2.30. The minimum atomic E-state index is -0.0461. The molecule has 2 saturated heterocycles. The van der Waals surface area contributed by atoms with Gasteiger partial charge >= 0.3 is 0 Å². The van der Waals surface area contributed by atoms with Crippen molar-refractivity contribution in [3.63, 3.8) is 0 Å². The first-order valence-electron chi connectivity index (χ1n) is 4.70. The highest BCUT2D eigenvalue weighted by Crippen LogP contribution is 2.40. The topological polar surface area (TPSA) is 23.5 Å². The van der Waals surface area contributed by atoms with Crippen molar-refractivity contribution in [1.29, 1.82) is 0 Å². The number of aliphatic hydroxyl groups excluding tert-OH is 1. The highest BCUT2D eigenvalue weighted by molar-refractivity contribution is 5.02. The van der Waals surface area contributed by atoms with Crippen LogP contribution >= 0.6 is 0 Å². The second kappa shape index (κ2) is 2.46. The maximum absolute atomic E-state index is 9.49. The Labute approximate surface area is 68.2 Å². The largest absolute Gasteiger partial charge is 0.392 e. The van der Waals surface area contributed by atoms with Gasteiger partial charge in [-0.2, -0.15) is 0 Å². The number of β-amino-alcohol motifs (C(OH)–C–C–N with tert-alkyl or cyclic N) is 1. The molecule has 2 fully saturated rings. The van der Waals surface area contributed by atoms with E-state index in [2.05, 4.69) is 11.8 Å². The fourth-order valence-corrected chi connectivity index (χ4v) is 2.81. The summed E-state index contributed by atoms with van der Waals surface area (Å²) in [6, 6.07) is 0. The molecule has 0 bridgehead atoms. The van der Waals surface area contributed by atoms with E-state index in [0.29, 0.717) is 5.54 Å². The van der Waals surface area contributed by atoms with Gasteiger partial charge in [-0.1, -0.05) is 6.92 Å². The fraction of sp³-hybridized carbons (Fsp3) is 1.00. The molecular weight excluding hydrogens is 138 g/mol. The summed E-state index contributed by atoms with van der Waals surface area (Å²) in [6.07, 6.45) is 4.82. The van der Waals surface area contributed by atoms with Crippen molar-refractivity contribution in [2.75, 3.05) is 13.1 Å². The molecule has 1 N–H and O–H groups in total. The molecule has 0 saturated carbocycles. The van der Waals surface area contributed by atoms with E-state index in [0.717, 1.165) is 13.0 Å². The molecule has 0 amide bonds. The van der Waals surface area contributed by atoms with Crippen LogP contribution in [-0.2, 0) is 0 Å². The zero-order valence-electron chi connectivity index (χ0n) is 7.21. The van der Waals surface area contributed by atoms with Crippen LogP contribution in [-0.4, -0.2) is 34.7 Å². The third-order valence-corrected chi connectivity index (χ3v) is 3.45. The van der Waals surface area contributed by atoms with E-state index in [1.807, 2.05) is 0 Å². The van der Waals surface area contributed by atoms with E-state index >= 15 is 0 Å². The van der Waals surface area contributed by atoms with E-state index in [9.17, 15) is 5.11 Å². The first-order valence-corrected chi connectivity index (χ1v) is 4.70. The maximum atomic E-state index is 9.49. The predicted octanol–water partition coefficient (Wildman–Crippen LogP) is 0.996. The molecule has 2 heteroatoms. The molecule has 0 unspecified atom stereocenters. The molecule has 0 spiro atoms. The van der Waals surface area contributed by atoms with Crippen LogP contribution in [0.5, 0.6) is 0 Å². The Hall–Kier alpha value is -0.0800. The molecular formula is C9H17NO. The second-order valence-corrected chi connectivity index (χ2v) is 3.99. The number of nitrogens with zero attached hydrogens (tertiary/aromatic N) is 1. The molecule has 64 valence electrons. The van der Waals surface area contributed by atoms with Crippen LogP contribution in [0, 0.1) is 0 Å². The second-order valence-electron chi connectivity index (χ2n) is 3.99. The molecule has 0 radical (unpaired) electrons. The minimum Gasteiger partial charge on any atom is -0.392 e. The first kappa shape index (κ1) is 7.56. The van der Waals surface area contributed by atoms with Crippen LogP contribution < -0.4 is 0 Å². The smallest absolute Gasteiger partial charge is 0.0685 e. The zero-order valence-corrected chi connectivity index (χ0v) is 7.21. The summed E-state index contributed by atoms with van der Waals surface area (Å²) in [6.45, 7) is 4.38. The Bertz CT molecular complexity index is 160. The lowest BCUT2D eigenvalue weighted by atomic mass is 9.91. The van der Waals surface area contributed by atoms with Crippen molar-refractivity contribution in [2.24, 2.45) is 0 Å². The summed E-state index contributed by atoms with van der Waals surface area (Å²) in [4.78, 5) is 2.48. The molecule has 0 aliphatic carbocycles. The van der Waals surface area contributed by atoms with Gasteiger partial charge < -0.3 is 5.11 Å². The van der Waals surface area contributed by atoms with Gasteiger partial charge in [0.1, 0.15) is 0 Å². The van der Waals surface area contributed by atoms with Gasteiger partial charge in [-0.3, -0.25) is 4.90 Å². The molecule has 0 aromatic rings. The fourth-order valence-electron chi connectivity index (χ4n) is 2.81. The van der Waals surface area contributed by atoms with E-state index in [1.165, 1.54) is 25.8 Å². The minimum absolute atomic E-state index is 0.0461. The van der Waals surface area contributed by atoms with Gasteiger partial charge in [0, 0.05) is 12.1 Å². The SMILES string of the molecule is CC[C@@]12CCCN1C[C@H](O)C2. The summed E-state index contributed by atoms with van der Waals surface area (Å²) >= 11 is 0. The number of aliphatic hydroxyl groups is 1. The summed E-state index contributed by atoms with van der Waals surface area (Å²) in [5.74, 6) is 0. The number of hydrogen-bond acceptors (Lipinski definition) is 2. The quantitative estimate of drug-likeness (QED) is 0.610. The van der Waals surface area contributed by atoms with Crippen LogP contribution in [0.25, 0.3) is 0 Å². The molecule has 0 aromatic heterocycles. The number of fused-ring (bicyclic) bond motifs is 1. The average molecular weight is 155 g/mol. The van der Waals surface area contributed by atoms with Gasteiger partial charge in [0.15, 0.2) is 0 Å². The van der Waals surface area contributed by atoms with Crippen LogP contribution in [0.4, 0.5) is 0 Å². The van der Waals surface area contributed by atoms with Gasteiger partial charge in [-0.15, -0.1) is 0 Å². The van der Waals surface area contributed by atoms with Crippen molar-refractivity contribution in [3.8, 4) is 0 Å². The van der Waals surface area contributed by atoms with E-state index in [4.69, 9.17) is 0 Å². The van der Waals surface area contributed by atoms with Gasteiger partial charge in [0.05, 0.1) is 6.10 Å². The Morgan fingerprint density at radius 1 is 1.64 bits per heavy atom. The Morgan fingerprint density at radius 3 is 3.09 bits per heavy atom. The van der Waals surface area contributed by atoms with Crippen LogP contribution in [0.15, 0.2) is 0 Å². The molecule has 2 nitrogen and oxygen atoms in total. The maximum Gasteiger partial charge on any atom is 0.0685 e. The normalized spacial score (nSPS) is 44.7. The monoisotopic (exact) mass is 155 g/mol. The molecule has 0 aromatic carbocycles. The molecule has 2 heterocycles. The van der Waals surface area contributed by atoms with E-state index in [1.54, 1.807) is 0 Å². The third-order valence-electron chi connectivity index (χ3n) is 3.45. The van der Waals surface area contributed by atoms with Crippen molar-refractivity contribution in [3.05, 3.63) is 0 Å². The number of hydrogen-bond donors (Lipinski definition) is 1. The van der Waals surface area contributed by atoms with Crippen LogP contribution in [0.1, 0.15) is 32.6 Å². The molecule has 11 heavy (non-hydrogen) atoms. The average Bonchev–Trinajstić information content (AvgIpc) is 2.43. The van der Waals surface area contributed by atoms with Gasteiger partial charge in [-0.25, -0.2) is 0 Å². The van der Waals surface area contributed by atoms with Gasteiger partial charge in [0.25, 0.3) is 0 Å². The highest BCUT2D eigenvalue weighted by atomic mass is 16.3. The Morgan fingerprint density at radius 2 is 2.45 bits per heavy atom. The third kappa shape index (κ3) is 1.00. The summed E-state index contributed by atoms with van der Waals surface area (Å²) in [5, 5.41) is 9.49. The Balaban J connectivity index is 2.15. The van der Waals surface area contributed by atoms with E-state index < -0.39 is 0 Å². The van der Waals surface area contributed by atoms with E-state index in [-0.39, 0.29) is 6.10 Å². The summed E-state index contributed by atoms with van der Waals surface area (Å²) in [5.41, 5.74) is 0.402. The lowest BCUT2D eigenvalue weighted by molar-refractivity contribution is 0.177. The predicted molar refractivity (Wildman–Crippen MR) is 44.5 cm³/mol. The van der Waals surface area contributed by atoms with Crippen LogP contribution in [0.3, 0.4) is 0 Å². The van der Waals surface area contributed by atoms with Gasteiger partial charge in [0.2, 0.25) is 0 Å². The van der Waals surface area contributed by atoms with Crippen molar-refractivity contribution in [1.82, 2.24) is 4.90 Å². The molecule has 2 rings (SSSR count). The van der Waals surface area contributed by atoms with Crippen molar-refractivity contribution in [2.45, 2.75) is 44.2 Å². The van der Waals surface area contributed by atoms with Crippen molar-refractivity contribution < 1.29 is 5.11 Å². The molecule has 2 aliphatic rings. The standard InChI is InChI=1S/C9H17NO/c1-2-9-4-3-5-10(9)7-8(11)6-9/h8,11H,2-7H2,1H3/t8-,9+/m1/s1. The summed E-state index contributed by atoms with van der Waals surface area (Å²) < 4.78 is 0. The zero-order chi connectivity index (χ0) is 7.90.